The molecule has 1 aromatic carbocycles. The van der Waals surface area contributed by atoms with E-state index in [1.807, 2.05) is 0 Å². The normalized spacial score (nSPS) is 19.0. The molecule has 1 heteroatoms. The largest absolute Gasteiger partial charge is 0.384 e. The van der Waals surface area contributed by atoms with E-state index in [9.17, 15) is 0 Å². The number of hydrogen-bond acceptors (Lipinski definition) is 1. The molecule has 12 heavy (non-hydrogen) atoms. The number of benzene rings is 1. The molecule has 0 amide bonds. The first-order chi connectivity index (χ1) is 5.95. The molecule has 0 radical (unpaired) electrons. The van der Waals surface area contributed by atoms with Crippen LogP contribution < -0.4 is 15.8 Å². The summed E-state index contributed by atoms with van der Waals surface area (Å²) in [6, 6.07) is 8.71. The Bertz CT molecular complexity index is 387. The second-order valence-corrected chi connectivity index (χ2v) is 3.48. The summed E-state index contributed by atoms with van der Waals surface area (Å²) in [6.45, 7) is 1.08. The van der Waals surface area contributed by atoms with Crippen LogP contribution in [0.5, 0.6) is 0 Å². The molecule has 1 fully saturated rings. The van der Waals surface area contributed by atoms with Gasteiger partial charge in [0, 0.05) is 17.5 Å². The van der Waals surface area contributed by atoms with Crippen molar-refractivity contribution >= 4 is 11.3 Å². The van der Waals surface area contributed by atoms with E-state index in [1.54, 1.807) is 5.57 Å². The molecule has 1 aromatic rings. The molecule has 0 atom stereocenters. The number of rotatable bonds is 0. The van der Waals surface area contributed by atoms with Crippen LogP contribution in [0.2, 0.25) is 0 Å². The van der Waals surface area contributed by atoms with Gasteiger partial charge in [0.15, 0.2) is 0 Å². The lowest BCUT2D eigenvalue weighted by Gasteiger charge is -2.25. The van der Waals surface area contributed by atoms with Crippen LogP contribution in [0.4, 0.5) is 0 Å². The molecule has 2 aliphatic heterocycles. The van der Waals surface area contributed by atoms with Crippen molar-refractivity contribution < 1.29 is 0 Å². The lowest BCUT2D eigenvalue weighted by atomic mass is 9.93. The molecule has 0 aromatic heterocycles. The minimum atomic E-state index is 1.08. The third-order valence-corrected chi connectivity index (χ3v) is 2.83. The van der Waals surface area contributed by atoms with Gasteiger partial charge in [0.05, 0.1) is 0 Å². The van der Waals surface area contributed by atoms with Crippen LogP contribution in [0.25, 0.3) is 11.3 Å². The van der Waals surface area contributed by atoms with Gasteiger partial charge in [-0.15, -0.1) is 0 Å². The number of hydrogen-bond donors (Lipinski definition) is 1. The molecule has 0 saturated carbocycles. The van der Waals surface area contributed by atoms with Gasteiger partial charge < -0.3 is 5.32 Å². The molecule has 60 valence electrons. The van der Waals surface area contributed by atoms with Gasteiger partial charge in [0.25, 0.3) is 0 Å². The molecular weight excluding hydrogens is 146 g/mol. The molecule has 1 nitrogen and oxygen atoms in total. The first kappa shape index (κ1) is 6.30. The molecule has 2 heterocycles. The first-order valence-corrected chi connectivity index (χ1v) is 4.49. The van der Waals surface area contributed by atoms with Crippen LogP contribution in [0.15, 0.2) is 24.3 Å². The highest BCUT2D eigenvalue weighted by Crippen LogP contribution is 2.17. The summed E-state index contributed by atoms with van der Waals surface area (Å²) in [6.07, 6.45) is 2.48. The van der Waals surface area contributed by atoms with E-state index in [1.165, 1.54) is 29.0 Å². The topological polar surface area (TPSA) is 12.0 Å². The molecule has 2 bridgehead atoms. The fraction of sp³-hybridized carbons (Fsp3) is 0.273. The second-order valence-electron chi connectivity index (χ2n) is 3.48. The van der Waals surface area contributed by atoms with Crippen LogP contribution in [-0.4, -0.2) is 6.54 Å². The van der Waals surface area contributed by atoms with E-state index in [4.69, 9.17) is 0 Å². The van der Waals surface area contributed by atoms with Crippen molar-refractivity contribution in [3.63, 3.8) is 0 Å². The summed E-state index contributed by atoms with van der Waals surface area (Å²) in [7, 11) is 0. The van der Waals surface area contributed by atoms with E-state index in [0.717, 1.165) is 6.54 Å². The SMILES string of the molecule is c1ccc2c(c1)=C1CCC=2NC1. The maximum Gasteiger partial charge on any atom is 0.0366 e. The van der Waals surface area contributed by atoms with Gasteiger partial charge in [-0.2, -0.15) is 0 Å². The number of fused-ring (bicyclic) bond motifs is 2. The molecule has 0 spiro atoms. The highest BCUT2D eigenvalue weighted by molar-refractivity contribution is 5.63. The van der Waals surface area contributed by atoms with Crippen LogP contribution in [0.1, 0.15) is 12.8 Å². The Labute approximate surface area is 71.4 Å². The van der Waals surface area contributed by atoms with Crippen LogP contribution in [0, 0.1) is 0 Å². The fourth-order valence-corrected chi connectivity index (χ4v) is 2.18. The highest BCUT2D eigenvalue weighted by atomic mass is 14.9. The molecule has 0 unspecified atom stereocenters. The lowest BCUT2D eigenvalue weighted by Crippen LogP contribution is -2.43. The Hall–Kier alpha value is -1.24. The summed E-state index contributed by atoms with van der Waals surface area (Å²) < 4.78 is 0. The van der Waals surface area contributed by atoms with Gasteiger partial charge in [-0.1, -0.05) is 24.3 Å². The number of piperidine rings is 1. The Morgan fingerprint density at radius 3 is 2.50 bits per heavy atom. The average molecular weight is 157 g/mol. The monoisotopic (exact) mass is 157 g/mol. The zero-order chi connectivity index (χ0) is 7.97. The second kappa shape index (κ2) is 2.13. The molecular formula is C11H11N. The Kier molecular flexibility index (Phi) is 1.12. The Morgan fingerprint density at radius 2 is 1.83 bits per heavy atom. The van der Waals surface area contributed by atoms with Gasteiger partial charge in [-0.25, -0.2) is 0 Å². The summed E-state index contributed by atoms with van der Waals surface area (Å²) in [5, 5.41) is 6.37. The van der Waals surface area contributed by atoms with Crippen molar-refractivity contribution in [2.45, 2.75) is 12.8 Å². The predicted molar refractivity (Wildman–Crippen MR) is 49.7 cm³/mol. The van der Waals surface area contributed by atoms with E-state index in [0.29, 0.717) is 0 Å². The van der Waals surface area contributed by atoms with E-state index in [2.05, 4.69) is 29.6 Å². The average Bonchev–Trinajstić information content (AvgIpc) is 2.20. The van der Waals surface area contributed by atoms with E-state index in [-0.39, 0.29) is 0 Å². The smallest absolute Gasteiger partial charge is 0.0366 e. The number of nitrogens with one attached hydrogen (secondary N) is 1. The zero-order valence-electron chi connectivity index (χ0n) is 6.93. The maximum absolute atomic E-state index is 3.45. The predicted octanol–water partition coefficient (Wildman–Crippen LogP) is 0.342. The quantitative estimate of drug-likeness (QED) is 0.572. The summed E-state index contributed by atoms with van der Waals surface area (Å²) in [5.41, 5.74) is 3.03. The van der Waals surface area contributed by atoms with Gasteiger partial charge in [0.2, 0.25) is 0 Å². The van der Waals surface area contributed by atoms with Gasteiger partial charge >= 0.3 is 0 Å². The maximum atomic E-state index is 3.45. The van der Waals surface area contributed by atoms with Crippen molar-refractivity contribution in [3.8, 4) is 0 Å². The van der Waals surface area contributed by atoms with Gasteiger partial charge in [0.1, 0.15) is 0 Å². The van der Waals surface area contributed by atoms with E-state index >= 15 is 0 Å². The van der Waals surface area contributed by atoms with Gasteiger partial charge in [-0.3, -0.25) is 0 Å². The van der Waals surface area contributed by atoms with Crippen LogP contribution in [0.3, 0.4) is 0 Å². The Morgan fingerprint density at radius 1 is 1.00 bits per heavy atom. The minimum Gasteiger partial charge on any atom is -0.384 e. The molecule has 4 rings (SSSR count). The third-order valence-electron chi connectivity index (χ3n) is 2.83. The molecule has 3 aliphatic rings. The Balaban J connectivity index is 2.57. The molecule has 1 N–H and O–H groups in total. The first-order valence-electron chi connectivity index (χ1n) is 4.49. The summed E-state index contributed by atoms with van der Waals surface area (Å²) in [4.78, 5) is 0. The molecule has 1 aliphatic carbocycles. The zero-order valence-corrected chi connectivity index (χ0v) is 6.93. The third kappa shape index (κ3) is 0.685. The van der Waals surface area contributed by atoms with Crippen molar-refractivity contribution in [1.29, 1.82) is 0 Å². The summed E-state index contributed by atoms with van der Waals surface area (Å²) in [5.74, 6) is 0. The molecule has 1 saturated heterocycles. The lowest BCUT2D eigenvalue weighted by molar-refractivity contribution is 0.813. The van der Waals surface area contributed by atoms with Gasteiger partial charge in [-0.05, 0) is 23.6 Å². The van der Waals surface area contributed by atoms with Crippen LogP contribution in [-0.2, 0) is 0 Å². The minimum absolute atomic E-state index is 1.08. The van der Waals surface area contributed by atoms with E-state index < -0.39 is 0 Å². The van der Waals surface area contributed by atoms with Crippen molar-refractivity contribution in [2.75, 3.05) is 6.54 Å². The summed E-state index contributed by atoms with van der Waals surface area (Å²) >= 11 is 0. The van der Waals surface area contributed by atoms with Crippen molar-refractivity contribution in [1.82, 2.24) is 5.32 Å². The van der Waals surface area contributed by atoms with Crippen LogP contribution >= 0.6 is 0 Å². The van der Waals surface area contributed by atoms with Crippen molar-refractivity contribution in [2.24, 2.45) is 0 Å². The fourth-order valence-electron chi connectivity index (χ4n) is 2.18. The standard InChI is InChI=1S/C11H11N/c1-2-4-10-9(3-1)8-5-6-11(10)12-7-8/h1-4,12H,5-7H2. The van der Waals surface area contributed by atoms with Crippen molar-refractivity contribution in [3.05, 3.63) is 34.7 Å². The highest BCUT2D eigenvalue weighted by Gasteiger charge is 2.15.